The van der Waals surface area contributed by atoms with E-state index in [1.807, 2.05) is 0 Å². The van der Waals surface area contributed by atoms with Gasteiger partial charge in [-0.1, -0.05) is 37.0 Å². The first kappa shape index (κ1) is 18.2. The van der Waals surface area contributed by atoms with Gasteiger partial charge in [-0.3, -0.25) is 4.79 Å². The summed E-state index contributed by atoms with van der Waals surface area (Å²) in [6.45, 7) is 4.95. The van der Waals surface area contributed by atoms with Crippen LogP contribution < -0.4 is 10.6 Å². The molecular formula is C21H32N2O2. The van der Waals surface area contributed by atoms with Gasteiger partial charge in [-0.2, -0.15) is 0 Å². The van der Waals surface area contributed by atoms with Crippen LogP contribution in [0.25, 0.3) is 0 Å². The zero-order chi connectivity index (χ0) is 17.5. The zero-order valence-corrected chi connectivity index (χ0v) is 15.5. The van der Waals surface area contributed by atoms with E-state index in [1.165, 1.54) is 30.5 Å². The van der Waals surface area contributed by atoms with Crippen LogP contribution in [0.4, 0.5) is 5.69 Å². The molecule has 0 radical (unpaired) electrons. The quantitative estimate of drug-likeness (QED) is 0.552. The number of benzene rings is 1. The lowest BCUT2D eigenvalue weighted by Crippen LogP contribution is -2.28. The maximum atomic E-state index is 12.2. The molecule has 1 atom stereocenters. The van der Waals surface area contributed by atoms with Gasteiger partial charge >= 0.3 is 5.97 Å². The molecule has 1 unspecified atom stereocenters. The monoisotopic (exact) mass is 344 g/mol. The van der Waals surface area contributed by atoms with Crippen molar-refractivity contribution in [1.82, 2.24) is 5.32 Å². The van der Waals surface area contributed by atoms with Gasteiger partial charge in [0.2, 0.25) is 0 Å². The molecule has 1 saturated heterocycles. The molecule has 1 spiro atoms. The Kier molecular flexibility index (Phi) is 6.35. The number of hydrogen-bond donors (Lipinski definition) is 2. The lowest BCUT2D eigenvalue weighted by molar-refractivity contribution is -0.150. The summed E-state index contributed by atoms with van der Waals surface area (Å²) in [5.41, 5.74) is 2.34. The van der Waals surface area contributed by atoms with E-state index in [0.717, 1.165) is 51.7 Å². The summed E-state index contributed by atoms with van der Waals surface area (Å²) in [6.07, 6.45) is 8.93. The highest BCUT2D eigenvalue weighted by molar-refractivity contribution is 5.79. The first-order valence-corrected chi connectivity index (χ1v) is 9.90. The predicted octanol–water partition coefficient (Wildman–Crippen LogP) is 4.04. The lowest BCUT2D eigenvalue weighted by atomic mass is 9.72. The molecule has 1 aromatic rings. The fourth-order valence-corrected chi connectivity index (χ4v) is 4.18. The Labute approximate surface area is 151 Å². The Bertz CT molecular complexity index is 550. The summed E-state index contributed by atoms with van der Waals surface area (Å²) in [5, 5.41) is 6.89. The average Bonchev–Trinajstić information content (AvgIpc) is 2.91. The van der Waals surface area contributed by atoms with Gasteiger partial charge in [0.1, 0.15) is 6.10 Å². The Morgan fingerprint density at radius 2 is 1.84 bits per heavy atom. The number of rotatable bonds is 8. The fraction of sp³-hybridized carbons (Fsp3) is 0.667. The number of aryl methyl sites for hydroxylation is 1. The van der Waals surface area contributed by atoms with Crippen LogP contribution in [0.3, 0.4) is 0 Å². The van der Waals surface area contributed by atoms with Crippen LogP contribution in [-0.2, 0) is 9.53 Å². The number of nitrogens with one attached hydrogen (secondary N) is 2. The maximum absolute atomic E-state index is 12.2. The number of anilines is 1. The van der Waals surface area contributed by atoms with Crippen molar-refractivity contribution in [1.29, 1.82) is 0 Å². The SMILES string of the molecule is Cc1ccc(NCCNCCCC2CC3(CCCCC3)C(=O)O2)cc1. The van der Waals surface area contributed by atoms with Crippen LogP contribution in [0.15, 0.2) is 24.3 Å². The van der Waals surface area contributed by atoms with Gasteiger partial charge in [-0.05, 0) is 51.3 Å². The van der Waals surface area contributed by atoms with Crippen molar-refractivity contribution in [3.05, 3.63) is 29.8 Å². The van der Waals surface area contributed by atoms with Gasteiger partial charge in [0.25, 0.3) is 0 Å². The van der Waals surface area contributed by atoms with Crippen LogP contribution in [0.5, 0.6) is 0 Å². The summed E-state index contributed by atoms with van der Waals surface area (Å²) in [5.74, 6) is 0.0902. The van der Waals surface area contributed by atoms with Crippen molar-refractivity contribution in [2.24, 2.45) is 5.41 Å². The van der Waals surface area contributed by atoms with Crippen molar-refractivity contribution in [3.63, 3.8) is 0 Å². The molecule has 1 saturated carbocycles. The second kappa shape index (κ2) is 8.70. The second-order valence-electron chi connectivity index (χ2n) is 7.76. The van der Waals surface area contributed by atoms with E-state index in [-0.39, 0.29) is 17.5 Å². The number of hydrogen-bond acceptors (Lipinski definition) is 4. The normalized spacial score (nSPS) is 22.1. The summed E-state index contributed by atoms with van der Waals surface area (Å²) in [7, 11) is 0. The molecule has 0 aromatic heterocycles. The number of esters is 1. The van der Waals surface area contributed by atoms with Gasteiger partial charge in [0.05, 0.1) is 5.41 Å². The van der Waals surface area contributed by atoms with Gasteiger partial charge < -0.3 is 15.4 Å². The van der Waals surface area contributed by atoms with Crippen molar-refractivity contribution < 1.29 is 9.53 Å². The van der Waals surface area contributed by atoms with Gasteiger partial charge in [-0.15, -0.1) is 0 Å². The van der Waals surface area contributed by atoms with E-state index in [1.54, 1.807) is 0 Å². The van der Waals surface area contributed by atoms with Crippen molar-refractivity contribution in [3.8, 4) is 0 Å². The van der Waals surface area contributed by atoms with E-state index in [4.69, 9.17) is 4.74 Å². The Balaban J connectivity index is 1.25. The molecule has 3 rings (SSSR count). The van der Waals surface area contributed by atoms with Crippen LogP contribution >= 0.6 is 0 Å². The summed E-state index contributed by atoms with van der Waals surface area (Å²) in [6, 6.07) is 8.48. The third kappa shape index (κ3) is 4.97. The molecule has 1 aromatic carbocycles. The van der Waals surface area contributed by atoms with Gasteiger partial charge in [0, 0.05) is 25.2 Å². The Morgan fingerprint density at radius 1 is 1.08 bits per heavy atom. The largest absolute Gasteiger partial charge is 0.462 e. The van der Waals surface area contributed by atoms with E-state index in [2.05, 4.69) is 41.8 Å². The summed E-state index contributed by atoms with van der Waals surface area (Å²) in [4.78, 5) is 12.2. The standard InChI is InChI=1S/C21H32N2O2/c1-17-7-9-18(10-8-17)23-15-14-22-13-5-6-19-16-21(20(24)25-19)11-3-2-4-12-21/h7-10,19,22-23H,2-6,11-16H2,1H3. The lowest BCUT2D eigenvalue weighted by Gasteiger charge is -2.28. The molecule has 2 fully saturated rings. The van der Waals surface area contributed by atoms with Crippen LogP contribution in [0, 0.1) is 12.3 Å². The number of carbonyl (C=O) groups is 1. The third-order valence-electron chi connectivity index (χ3n) is 5.70. The Hall–Kier alpha value is -1.55. The highest BCUT2D eigenvalue weighted by atomic mass is 16.6. The molecule has 1 aliphatic carbocycles. The number of ether oxygens (including phenoxy) is 1. The minimum atomic E-state index is -0.117. The minimum Gasteiger partial charge on any atom is -0.462 e. The van der Waals surface area contributed by atoms with Gasteiger partial charge in [-0.25, -0.2) is 0 Å². The molecule has 1 heterocycles. The van der Waals surface area contributed by atoms with Crippen molar-refractivity contribution in [2.75, 3.05) is 25.0 Å². The fourth-order valence-electron chi connectivity index (χ4n) is 4.18. The highest BCUT2D eigenvalue weighted by Crippen LogP contribution is 2.46. The molecular weight excluding hydrogens is 312 g/mol. The van der Waals surface area contributed by atoms with E-state index in [0.29, 0.717) is 0 Å². The highest BCUT2D eigenvalue weighted by Gasteiger charge is 2.48. The molecule has 25 heavy (non-hydrogen) atoms. The summed E-state index contributed by atoms with van der Waals surface area (Å²) >= 11 is 0. The van der Waals surface area contributed by atoms with E-state index in [9.17, 15) is 4.79 Å². The molecule has 0 bridgehead atoms. The Morgan fingerprint density at radius 3 is 2.60 bits per heavy atom. The first-order valence-electron chi connectivity index (χ1n) is 9.90. The van der Waals surface area contributed by atoms with Crippen molar-refractivity contribution in [2.45, 2.75) is 64.4 Å². The third-order valence-corrected chi connectivity index (χ3v) is 5.70. The molecule has 0 amide bonds. The smallest absolute Gasteiger partial charge is 0.312 e. The first-order chi connectivity index (χ1) is 12.2. The second-order valence-corrected chi connectivity index (χ2v) is 7.76. The topological polar surface area (TPSA) is 50.4 Å². The molecule has 138 valence electrons. The number of carbonyl (C=O) groups excluding carboxylic acids is 1. The van der Waals surface area contributed by atoms with Crippen LogP contribution in [0.2, 0.25) is 0 Å². The summed E-state index contributed by atoms with van der Waals surface area (Å²) < 4.78 is 5.67. The average molecular weight is 344 g/mol. The molecule has 2 N–H and O–H groups in total. The predicted molar refractivity (Wildman–Crippen MR) is 102 cm³/mol. The zero-order valence-electron chi connectivity index (χ0n) is 15.5. The van der Waals surface area contributed by atoms with Crippen LogP contribution in [0.1, 0.15) is 56.9 Å². The van der Waals surface area contributed by atoms with Crippen molar-refractivity contribution >= 4 is 11.7 Å². The van der Waals surface area contributed by atoms with E-state index >= 15 is 0 Å². The molecule has 1 aliphatic heterocycles. The number of cyclic esters (lactones) is 1. The van der Waals surface area contributed by atoms with Crippen LogP contribution in [-0.4, -0.2) is 31.7 Å². The van der Waals surface area contributed by atoms with E-state index < -0.39 is 0 Å². The molecule has 2 aliphatic rings. The maximum Gasteiger partial charge on any atom is 0.312 e. The molecule has 4 nitrogen and oxygen atoms in total. The molecule has 4 heteroatoms. The van der Waals surface area contributed by atoms with Gasteiger partial charge in [0.15, 0.2) is 0 Å². The minimum absolute atomic E-state index is 0.0902.